The molecular formula is C13H12BrN3OS. The maximum atomic E-state index is 12.1. The number of hydrogen-bond donors (Lipinski definition) is 1. The van der Waals surface area contributed by atoms with Gasteiger partial charge in [-0.2, -0.15) is 0 Å². The molecule has 0 saturated heterocycles. The molecule has 3 rings (SSSR count). The van der Waals surface area contributed by atoms with E-state index in [0.717, 1.165) is 18.5 Å². The summed E-state index contributed by atoms with van der Waals surface area (Å²) in [5.41, 5.74) is 1.54. The highest BCUT2D eigenvalue weighted by Crippen LogP contribution is 2.29. The molecule has 2 aromatic rings. The van der Waals surface area contributed by atoms with E-state index in [1.807, 2.05) is 0 Å². The summed E-state index contributed by atoms with van der Waals surface area (Å²) in [7, 11) is 0. The van der Waals surface area contributed by atoms with Gasteiger partial charge in [0, 0.05) is 4.88 Å². The van der Waals surface area contributed by atoms with E-state index in [1.165, 1.54) is 17.7 Å². The SMILES string of the molecule is O=C(Nc1nc2c(s1)CCCC2)c1cccc(Br)n1. The van der Waals surface area contributed by atoms with Gasteiger partial charge in [-0.05, 0) is 53.7 Å². The molecule has 2 heterocycles. The summed E-state index contributed by atoms with van der Waals surface area (Å²) in [5, 5.41) is 3.51. The van der Waals surface area contributed by atoms with Crippen molar-refractivity contribution in [2.24, 2.45) is 0 Å². The first-order valence-electron chi connectivity index (χ1n) is 6.15. The van der Waals surface area contributed by atoms with Crippen LogP contribution in [0, 0.1) is 0 Å². The predicted molar refractivity (Wildman–Crippen MR) is 78.6 cm³/mol. The Hall–Kier alpha value is -1.27. The highest BCUT2D eigenvalue weighted by atomic mass is 79.9. The van der Waals surface area contributed by atoms with E-state index >= 15 is 0 Å². The van der Waals surface area contributed by atoms with Crippen molar-refractivity contribution >= 4 is 38.3 Å². The maximum Gasteiger partial charge on any atom is 0.276 e. The molecule has 98 valence electrons. The van der Waals surface area contributed by atoms with Crippen molar-refractivity contribution in [3.05, 3.63) is 39.1 Å². The lowest BCUT2D eigenvalue weighted by Gasteiger charge is -2.06. The second-order valence-electron chi connectivity index (χ2n) is 4.40. The van der Waals surface area contributed by atoms with E-state index in [2.05, 4.69) is 31.2 Å². The first-order chi connectivity index (χ1) is 9.22. The van der Waals surface area contributed by atoms with Crippen molar-refractivity contribution in [3.63, 3.8) is 0 Å². The van der Waals surface area contributed by atoms with Crippen LogP contribution in [0.3, 0.4) is 0 Å². The van der Waals surface area contributed by atoms with Gasteiger partial charge in [0.05, 0.1) is 5.69 Å². The number of fused-ring (bicyclic) bond motifs is 1. The molecule has 4 nitrogen and oxygen atoms in total. The van der Waals surface area contributed by atoms with E-state index in [0.29, 0.717) is 15.4 Å². The number of carbonyl (C=O) groups is 1. The summed E-state index contributed by atoms with van der Waals surface area (Å²) in [6.45, 7) is 0. The highest BCUT2D eigenvalue weighted by Gasteiger charge is 2.17. The standard InChI is InChI=1S/C13H12BrN3OS/c14-11-7-3-5-9(15-11)12(18)17-13-16-8-4-1-2-6-10(8)19-13/h3,5,7H,1-2,4,6H2,(H,16,17,18). The lowest BCUT2D eigenvalue weighted by atomic mass is 10.0. The summed E-state index contributed by atoms with van der Waals surface area (Å²) < 4.78 is 0.651. The van der Waals surface area contributed by atoms with Gasteiger partial charge < -0.3 is 0 Å². The van der Waals surface area contributed by atoms with E-state index in [-0.39, 0.29) is 5.91 Å². The third-order valence-corrected chi connectivity index (χ3v) is 4.53. The lowest BCUT2D eigenvalue weighted by molar-refractivity contribution is 0.102. The molecule has 1 N–H and O–H groups in total. The molecule has 6 heteroatoms. The van der Waals surface area contributed by atoms with Gasteiger partial charge in [0.2, 0.25) is 0 Å². The lowest BCUT2D eigenvalue weighted by Crippen LogP contribution is -2.13. The molecule has 0 spiro atoms. The number of rotatable bonds is 2. The van der Waals surface area contributed by atoms with Crippen molar-refractivity contribution in [3.8, 4) is 0 Å². The molecule has 19 heavy (non-hydrogen) atoms. The monoisotopic (exact) mass is 337 g/mol. The summed E-state index contributed by atoms with van der Waals surface area (Å²) >= 11 is 4.84. The number of nitrogens with one attached hydrogen (secondary N) is 1. The van der Waals surface area contributed by atoms with Crippen LogP contribution in [0.25, 0.3) is 0 Å². The number of thiazole rings is 1. The summed E-state index contributed by atoms with van der Waals surface area (Å²) in [5.74, 6) is -0.215. The molecule has 0 atom stereocenters. The van der Waals surface area contributed by atoms with Gasteiger partial charge in [0.1, 0.15) is 10.3 Å². The summed E-state index contributed by atoms with van der Waals surface area (Å²) in [6.07, 6.45) is 4.52. The van der Waals surface area contributed by atoms with Gasteiger partial charge in [-0.1, -0.05) is 6.07 Å². The second-order valence-corrected chi connectivity index (χ2v) is 6.29. The molecular weight excluding hydrogens is 326 g/mol. The molecule has 2 aromatic heterocycles. The number of pyridine rings is 1. The van der Waals surface area contributed by atoms with E-state index in [4.69, 9.17) is 0 Å². The Morgan fingerprint density at radius 3 is 2.89 bits per heavy atom. The average Bonchev–Trinajstić information content (AvgIpc) is 2.80. The Bertz CT molecular complexity index is 603. The number of aryl methyl sites for hydroxylation is 2. The number of carbonyl (C=O) groups excluding carboxylic acids is 1. The maximum absolute atomic E-state index is 12.1. The van der Waals surface area contributed by atoms with E-state index in [1.54, 1.807) is 29.5 Å². The fraction of sp³-hybridized carbons (Fsp3) is 0.308. The molecule has 1 aliphatic rings. The Balaban J connectivity index is 1.77. The van der Waals surface area contributed by atoms with Gasteiger partial charge >= 0.3 is 0 Å². The van der Waals surface area contributed by atoms with Crippen LogP contribution in [-0.4, -0.2) is 15.9 Å². The minimum atomic E-state index is -0.215. The second kappa shape index (κ2) is 5.38. The van der Waals surface area contributed by atoms with Gasteiger partial charge in [-0.25, -0.2) is 9.97 Å². The number of hydrogen-bond acceptors (Lipinski definition) is 4. The van der Waals surface area contributed by atoms with Crippen LogP contribution < -0.4 is 5.32 Å². The number of anilines is 1. The quantitative estimate of drug-likeness (QED) is 0.854. The van der Waals surface area contributed by atoms with Crippen LogP contribution >= 0.6 is 27.3 Å². The van der Waals surface area contributed by atoms with Crippen molar-refractivity contribution in [2.75, 3.05) is 5.32 Å². The smallest absolute Gasteiger partial charge is 0.276 e. The van der Waals surface area contributed by atoms with Crippen LogP contribution in [0.1, 0.15) is 33.9 Å². The Labute approximate surface area is 123 Å². The first-order valence-corrected chi connectivity index (χ1v) is 7.76. The largest absolute Gasteiger partial charge is 0.296 e. The molecule has 0 radical (unpaired) electrons. The van der Waals surface area contributed by atoms with Crippen LogP contribution in [0.5, 0.6) is 0 Å². The third kappa shape index (κ3) is 2.84. The molecule has 0 aliphatic heterocycles. The zero-order valence-electron chi connectivity index (χ0n) is 10.1. The Kier molecular flexibility index (Phi) is 3.61. The average molecular weight is 338 g/mol. The molecule has 0 bridgehead atoms. The number of nitrogens with zero attached hydrogens (tertiary/aromatic N) is 2. The minimum Gasteiger partial charge on any atom is -0.296 e. The van der Waals surface area contributed by atoms with Crippen molar-refractivity contribution in [2.45, 2.75) is 25.7 Å². The fourth-order valence-electron chi connectivity index (χ4n) is 2.10. The number of halogens is 1. The van der Waals surface area contributed by atoms with Gasteiger partial charge in [0.15, 0.2) is 5.13 Å². The van der Waals surface area contributed by atoms with E-state index < -0.39 is 0 Å². The fourth-order valence-corrected chi connectivity index (χ4v) is 3.49. The zero-order chi connectivity index (χ0) is 13.2. The van der Waals surface area contributed by atoms with E-state index in [9.17, 15) is 4.79 Å². The highest BCUT2D eigenvalue weighted by molar-refractivity contribution is 9.10. The molecule has 0 aromatic carbocycles. The third-order valence-electron chi connectivity index (χ3n) is 3.01. The van der Waals surface area contributed by atoms with Crippen LogP contribution in [0.4, 0.5) is 5.13 Å². The predicted octanol–water partition coefficient (Wildman–Crippen LogP) is 3.43. The molecule has 0 saturated carbocycles. The zero-order valence-corrected chi connectivity index (χ0v) is 12.6. The molecule has 0 unspecified atom stereocenters. The topological polar surface area (TPSA) is 54.9 Å². The summed E-state index contributed by atoms with van der Waals surface area (Å²) in [4.78, 5) is 22.0. The van der Waals surface area contributed by atoms with Crippen molar-refractivity contribution < 1.29 is 4.79 Å². The van der Waals surface area contributed by atoms with Crippen molar-refractivity contribution in [1.82, 2.24) is 9.97 Å². The minimum absolute atomic E-state index is 0.215. The summed E-state index contributed by atoms with van der Waals surface area (Å²) in [6, 6.07) is 5.27. The number of amides is 1. The number of aromatic nitrogens is 2. The van der Waals surface area contributed by atoms with Gasteiger partial charge in [-0.15, -0.1) is 11.3 Å². The Morgan fingerprint density at radius 1 is 1.26 bits per heavy atom. The van der Waals surface area contributed by atoms with Crippen LogP contribution in [-0.2, 0) is 12.8 Å². The van der Waals surface area contributed by atoms with Gasteiger partial charge in [0.25, 0.3) is 5.91 Å². The van der Waals surface area contributed by atoms with Crippen LogP contribution in [0.2, 0.25) is 0 Å². The normalized spacial score (nSPS) is 13.9. The van der Waals surface area contributed by atoms with Crippen LogP contribution in [0.15, 0.2) is 22.8 Å². The van der Waals surface area contributed by atoms with Crippen molar-refractivity contribution in [1.29, 1.82) is 0 Å². The molecule has 1 amide bonds. The molecule has 0 fully saturated rings. The Morgan fingerprint density at radius 2 is 2.11 bits per heavy atom. The van der Waals surface area contributed by atoms with Gasteiger partial charge in [-0.3, -0.25) is 10.1 Å². The molecule has 1 aliphatic carbocycles. The first kappa shape index (κ1) is 12.7.